The summed E-state index contributed by atoms with van der Waals surface area (Å²) in [7, 11) is 2.17. The number of thiophene rings is 1. The van der Waals surface area contributed by atoms with Crippen LogP contribution in [0.3, 0.4) is 0 Å². The second kappa shape index (κ2) is 7.79. The Labute approximate surface area is 121 Å². The van der Waals surface area contributed by atoms with E-state index in [1.165, 1.54) is 4.88 Å². The molecular weight excluding hydrogens is 316 g/mol. The zero-order valence-electron chi connectivity index (χ0n) is 10.6. The highest BCUT2D eigenvalue weighted by molar-refractivity contribution is 9.10. The molecule has 0 aromatic carbocycles. The summed E-state index contributed by atoms with van der Waals surface area (Å²) in [4.78, 5) is 3.73. The van der Waals surface area contributed by atoms with Crippen LogP contribution in [-0.4, -0.2) is 36.5 Å². The molecule has 1 rings (SSSR count). The lowest BCUT2D eigenvalue weighted by Gasteiger charge is -2.31. The van der Waals surface area contributed by atoms with Gasteiger partial charge in [0.05, 0.1) is 6.04 Å². The fourth-order valence-electron chi connectivity index (χ4n) is 1.84. The number of hydrogen-bond acceptors (Lipinski definition) is 4. The maximum absolute atomic E-state index is 6.27. The molecule has 0 amide bonds. The highest BCUT2D eigenvalue weighted by Crippen LogP contribution is 2.31. The van der Waals surface area contributed by atoms with Gasteiger partial charge in [0, 0.05) is 33.1 Å². The van der Waals surface area contributed by atoms with Crippen LogP contribution in [0.25, 0.3) is 0 Å². The van der Waals surface area contributed by atoms with Crippen LogP contribution in [0, 0.1) is 0 Å². The minimum atomic E-state index is 0.201. The average Bonchev–Trinajstić information content (AvgIpc) is 2.73. The first-order valence-electron chi connectivity index (χ1n) is 5.78. The van der Waals surface area contributed by atoms with Gasteiger partial charge in [-0.05, 0) is 41.7 Å². The zero-order chi connectivity index (χ0) is 12.8. The van der Waals surface area contributed by atoms with E-state index in [1.807, 2.05) is 11.8 Å². The SMILES string of the molecule is CCC(N)C(c1cc(Br)cs1)N(C)CCSC. The molecule has 1 heterocycles. The van der Waals surface area contributed by atoms with E-state index in [-0.39, 0.29) is 6.04 Å². The first-order chi connectivity index (χ1) is 8.10. The van der Waals surface area contributed by atoms with Crippen LogP contribution >= 0.6 is 39.0 Å². The fraction of sp³-hybridized carbons (Fsp3) is 0.667. The van der Waals surface area contributed by atoms with Gasteiger partial charge in [-0.3, -0.25) is 4.90 Å². The van der Waals surface area contributed by atoms with Crippen LogP contribution in [0.4, 0.5) is 0 Å². The van der Waals surface area contributed by atoms with Crippen molar-refractivity contribution < 1.29 is 0 Å². The molecule has 0 aliphatic heterocycles. The van der Waals surface area contributed by atoms with E-state index in [2.05, 4.69) is 52.5 Å². The summed E-state index contributed by atoms with van der Waals surface area (Å²) < 4.78 is 1.16. The Morgan fingerprint density at radius 1 is 1.59 bits per heavy atom. The van der Waals surface area contributed by atoms with Gasteiger partial charge in [-0.15, -0.1) is 11.3 Å². The fourth-order valence-corrected chi connectivity index (χ4v) is 3.99. The second-order valence-electron chi connectivity index (χ2n) is 4.16. The van der Waals surface area contributed by atoms with Crippen LogP contribution < -0.4 is 5.73 Å². The minimum Gasteiger partial charge on any atom is -0.326 e. The van der Waals surface area contributed by atoms with Crippen molar-refractivity contribution >= 4 is 39.0 Å². The second-order valence-corrected chi connectivity index (χ2v) is 7.00. The van der Waals surface area contributed by atoms with Crippen molar-refractivity contribution in [3.05, 3.63) is 20.8 Å². The van der Waals surface area contributed by atoms with Crippen LogP contribution in [-0.2, 0) is 0 Å². The van der Waals surface area contributed by atoms with Crippen molar-refractivity contribution in [1.82, 2.24) is 4.90 Å². The number of nitrogens with two attached hydrogens (primary N) is 1. The quantitative estimate of drug-likeness (QED) is 0.825. The summed E-state index contributed by atoms with van der Waals surface area (Å²) in [6.45, 7) is 3.23. The van der Waals surface area contributed by atoms with Gasteiger partial charge in [-0.1, -0.05) is 6.92 Å². The molecule has 17 heavy (non-hydrogen) atoms. The van der Waals surface area contributed by atoms with Crippen molar-refractivity contribution in [3.8, 4) is 0 Å². The monoisotopic (exact) mass is 336 g/mol. The lowest BCUT2D eigenvalue weighted by atomic mass is 10.0. The van der Waals surface area contributed by atoms with Gasteiger partial charge in [0.2, 0.25) is 0 Å². The van der Waals surface area contributed by atoms with Crippen molar-refractivity contribution in [2.75, 3.05) is 25.6 Å². The van der Waals surface area contributed by atoms with Crippen molar-refractivity contribution in [1.29, 1.82) is 0 Å². The first-order valence-corrected chi connectivity index (χ1v) is 8.85. The molecule has 0 aliphatic carbocycles. The lowest BCUT2D eigenvalue weighted by Crippen LogP contribution is -2.39. The van der Waals surface area contributed by atoms with E-state index in [0.29, 0.717) is 6.04 Å². The van der Waals surface area contributed by atoms with E-state index < -0.39 is 0 Å². The Morgan fingerprint density at radius 3 is 2.76 bits per heavy atom. The molecule has 0 saturated carbocycles. The van der Waals surface area contributed by atoms with E-state index in [9.17, 15) is 0 Å². The van der Waals surface area contributed by atoms with Gasteiger partial charge in [-0.25, -0.2) is 0 Å². The Bertz CT molecular complexity index is 330. The predicted octanol–water partition coefficient (Wildman–Crippen LogP) is 3.58. The van der Waals surface area contributed by atoms with Crippen LogP contribution in [0.15, 0.2) is 15.9 Å². The molecule has 0 saturated heterocycles. The third-order valence-electron chi connectivity index (χ3n) is 2.88. The normalized spacial score (nSPS) is 15.2. The van der Waals surface area contributed by atoms with Gasteiger partial charge in [0.15, 0.2) is 0 Å². The van der Waals surface area contributed by atoms with Gasteiger partial charge < -0.3 is 5.73 Å². The molecule has 0 radical (unpaired) electrons. The topological polar surface area (TPSA) is 29.3 Å². The summed E-state index contributed by atoms with van der Waals surface area (Å²) in [5.74, 6) is 1.15. The average molecular weight is 337 g/mol. The molecule has 0 spiro atoms. The maximum Gasteiger partial charge on any atom is 0.0591 e. The predicted molar refractivity (Wildman–Crippen MR) is 84.0 cm³/mol. The highest BCUT2D eigenvalue weighted by atomic mass is 79.9. The van der Waals surface area contributed by atoms with E-state index in [0.717, 1.165) is 23.2 Å². The third-order valence-corrected chi connectivity index (χ3v) is 5.23. The van der Waals surface area contributed by atoms with Crippen LogP contribution in [0.5, 0.6) is 0 Å². The number of hydrogen-bond donors (Lipinski definition) is 1. The summed E-state index contributed by atoms with van der Waals surface area (Å²) in [6.07, 6.45) is 3.15. The first kappa shape index (κ1) is 15.5. The summed E-state index contributed by atoms with van der Waals surface area (Å²) in [5, 5.41) is 2.13. The van der Waals surface area contributed by atoms with E-state index >= 15 is 0 Å². The largest absolute Gasteiger partial charge is 0.326 e. The molecule has 2 N–H and O–H groups in total. The number of halogens is 1. The smallest absolute Gasteiger partial charge is 0.0591 e. The number of nitrogens with zero attached hydrogens (tertiary/aromatic N) is 1. The molecule has 2 nitrogen and oxygen atoms in total. The third kappa shape index (κ3) is 4.56. The summed E-state index contributed by atoms with van der Waals surface area (Å²) >= 11 is 7.19. The maximum atomic E-state index is 6.27. The zero-order valence-corrected chi connectivity index (χ0v) is 13.9. The number of rotatable bonds is 7. The van der Waals surface area contributed by atoms with E-state index in [1.54, 1.807) is 11.3 Å². The molecule has 98 valence electrons. The van der Waals surface area contributed by atoms with Gasteiger partial charge in [-0.2, -0.15) is 11.8 Å². The van der Waals surface area contributed by atoms with Gasteiger partial charge >= 0.3 is 0 Å². The minimum absolute atomic E-state index is 0.201. The van der Waals surface area contributed by atoms with Crippen LogP contribution in [0.2, 0.25) is 0 Å². The van der Waals surface area contributed by atoms with Crippen molar-refractivity contribution in [2.24, 2.45) is 5.73 Å². The Kier molecular flexibility index (Phi) is 7.11. The number of thioether (sulfide) groups is 1. The highest BCUT2D eigenvalue weighted by Gasteiger charge is 2.24. The Balaban J connectivity index is 2.80. The van der Waals surface area contributed by atoms with Gasteiger partial charge in [0.1, 0.15) is 0 Å². The molecule has 2 atom stereocenters. The van der Waals surface area contributed by atoms with Crippen molar-refractivity contribution in [3.63, 3.8) is 0 Å². The summed E-state index contributed by atoms with van der Waals surface area (Å²) in [5.41, 5.74) is 6.27. The molecule has 5 heteroatoms. The molecule has 0 fully saturated rings. The lowest BCUT2D eigenvalue weighted by molar-refractivity contribution is 0.225. The number of likely N-dealkylation sites (N-methyl/N-ethyl adjacent to an activating group) is 1. The van der Waals surface area contributed by atoms with Gasteiger partial charge in [0.25, 0.3) is 0 Å². The van der Waals surface area contributed by atoms with Crippen molar-refractivity contribution in [2.45, 2.75) is 25.4 Å². The van der Waals surface area contributed by atoms with E-state index in [4.69, 9.17) is 5.73 Å². The molecule has 1 aromatic heterocycles. The molecular formula is C12H21BrN2S2. The van der Waals surface area contributed by atoms with Crippen LogP contribution in [0.1, 0.15) is 24.3 Å². The standard InChI is InChI=1S/C12H21BrN2S2/c1-4-10(14)12(15(2)5-6-16-3)11-7-9(13)8-17-11/h7-8,10,12H,4-6,14H2,1-3H3. The Hall–Kier alpha value is 0.450. The molecule has 1 aromatic rings. The molecule has 0 bridgehead atoms. The summed E-state index contributed by atoms with van der Waals surface area (Å²) in [6, 6.07) is 2.73. The molecule has 2 unspecified atom stereocenters. The Morgan fingerprint density at radius 2 is 2.29 bits per heavy atom. The molecule has 0 aliphatic rings.